The Morgan fingerprint density at radius 1 is 1.33 bits per heavy atom. The highest BCUT2D eigenvalue weighted by atomic mass is 35.5. The fourth-order valence-electron chi connectivity index (χ4n) is 2.15. The largest absolute Gasteiger partial charge is 0.207 e. The van der Waals surface area contributed by atoms with Crippen LogP contribution in [-0.4, -0.2) is 5.88 Å². The molecule has 1 aliphatic rings. The molecule has 1 aromatic rings. The van der Waals surface area contributed by atoms with Crippen LogP contribution < -0.4 is 0 Å². The summed E-state index contributed by atoms with van der Waals surface area (Å²) in [5, 5.41) is 0. The lowest BCUT2D eigenvalue weighted by Crippen LogP contribution is -2.24. The fourth-order valence-corrected chi connectivity index (χ4v) is 2.46. The van der Waals surface area contributed by atoms with Crippen molar-refractivity contribution in [3.8, 4) is 0 Å². The highest BCUT2D eigenvalue weighted by Gasteiger charge is 2.40. The highest BCUT2D eigenvalue weighted by Crippen LogP contribution is 2.47. The van der Waals surface area contributed by atoms with Gasteiger partial charge in [-0.1, -0.05) is 19.1 Å². The van der Waals surface area contributed by atoms with Gasteiger partial charge in [0.2, 0.25) is 0 Å². The van der Waals surface area contributed by atoms with Gasteiger partial charge in [0, 0.05) is 5.88 Å². The molecular formula is C13H16ClF. The van der Waals surface area contributed by atoms with Gasteiger partial charge in [0.05, 0.1) is 0 Å². The Hall–Kier alpha value is -0.560. The van der Waals surface area contributed by atoms with Crippen molar-refractivity contribution < 1.29 is 4.39 Å². The smallest absolute Gasteiger partial charge is 0.123 e. The van der Waals surface area contributed by atoms with E-state index >= 15 is 0 Å². The molecule has 0 heterocycles. The zero-order valence-corrected chi connectivity index (χ0v) is 9.73. The van der Waals surface area contributed by atoms with Crippen LogP contribution in [0.2, 0.25) is 0 Å². The number of hydrogen-bond acceptors (Lipinski definition) is 0. The van der Waals surface area contributed by atoms with E-state index in [9.17, 15) is 4.39 Å². The van der Waals surface area contributed by atoms with Crippen LogP contribution in [0.15, 0.2) is 24.3 Å². The molecule has 0 spiro atoms. The molecule has 1 saturated carbocycles. The van der Waals surface area contributed by atoms with Gasteiger partial charge in [0.25, 0.3) is 0 Å². The Balaban J connectivity index is 2.09. The van der Waals surface area contributed by atoms with Gasteiger partial charge in [0.15, 0.2) is 0 Å². The normalized spacial score (nSPS) is 19.9. The first-order valence-corrected chi connectivity index (χ1v) is 5.98. The molecule has 1 unspecified atom stereocenters. The zero-order chi connectivity index (χ0) is 10.9. The second kappa shape index (κ2) is 4.13. The van der Waals surface area contributed by atoms with Crippen molar-refractivity contribution in [3.63, 3.8) is 0 Å². The minimum absolute atomic E-state index is 0.169. The topological polar surface area (TPSA) is 0 Å². The average Bonchev–Trinajstić information content (AvgIpc) is 3.05. The summed E-state index contributed by atoms with van der Waals surface area (Å²) >= 11 is 6.05. The van der Waals surface area contributed by atoms with Crippen molar-refractivity contribution in [2.24, 2.45) is 11.3 Å². The third-order valence-corrected chi connectivity index (χ3v) is 4.00. The maximum Gasteiger partial charge on any atom is 0.123 e. The van der Waals surface area contributed by atoms with E-state index in [1.807, 2.05) is 12.1 Å². The summed E-state index contributed by atoms with van der Waals surface area (Å²) in [4.78, 5) is 0. The van der Waals surface area contributed by atoms with Crippen molar-refractivity contribution >= 4 is 11.6 Å². The van der Waals surface area contributed by atoms with Gasteiger partial charge < -0.3 is 0 Å². The Morgan fingerprint density at radius 3 is 2.40 bits per heavy atom. The van der Waals surface area contributed by atoms with Gasteiger partial charge in [-0.2, -0.15) is 0 Å². The van der Waals surface area contributed by atoms with E-state index in [-0.39, 0.29) is 11.2 Å². The van der Waals surface area contributed by atoms with Crippen molar-refractivity contribution in [1.29, 1.82) is 0 Å². The van der Waals surface area contributed by atoms with Crippen LogP contribution in [0.4, 0.5) is 4.39 Å². The van der Waals surface area contributed by atoms with Crippen molar-refractivity contribution in [2.45, 2.75) is 26.2 Å². The van der Waals surface area contributed by atoms with E-state index in [1.54, 1.807) is 0 Å². The van der Waals surface area contributed by atoms with Crippen LogP contribution in [-0.2, 0) is 6.42 Å². The standard InChI is InChI=1S/C13H16ClF/c1-13(9-14,11-4-5-11)8-10-2-6-12(15)7-3-10/h2-3,6-7,11H,4-5,8-9H2,1H3. The maximum absolute atomic E-state index is 12.7. The van der Waals surface area contributed by atoms with Gasteiger partial charge in [-0.3, -0.25) is 0 Å². The molecule has 0 radical (unpaired) electrons. The Labute approximate surface area is 95.4 Å². The molecule has 0 aliphatic heterocycles. The van der Waals surface area contributed by atoms with Crippen LogP contribution >= 0.6 is 11.6 Å². The van der Waals surface area contributed by atoms with Crippen LogP contribution in [0.3, 0.4) is 0 Å². The van der Waals surface area contributed by atoms with Gasteiger partial charge in [0.1, 0.15) is 5.82 Å². The SMILES string of the molecule is CC(CCl)(Cc1ccc(F)cc1)C1CC1. The lowest BCUT2D eigenvalue weighted by molar-refractivity contribution is 0.313. The molecule has 0 bridgehead atoms. The molecule has 1 fully saturated rings. The van der Waals surface area contributed by atoms with E-state index in [0.29, 0.717) is 5.88 Å². The molecule has 0 N–H and O–H groups in total. The molecule has 82 valence electrons. The maximum atomic E-state index is 12.7. The quantitative estimate of drug-likeness (QED) is 0.681. The van der Waals surface area contributed by atoms with Crippen LogP contribution in [0, 0.1) is 17.2 Å². The van der Waals surface area contributed by atoms with Crippen molar-refractivity contribution in [1.82, 2.24) is 0 Å². The summed E-state index contributed by atoms with van der Waals surface area (Å²) in [5.74, 6) is 1.28. The summed E-state index contributed by atoms with van der Waals surface area (Å²) in [6.45, 7) is 2.24. The van der Waals surface area contributed by atoms with E-state index < -0.39 is 0 Å². The zero-order valence-electron chi connectivity index (χ0n) is 8.97. The van der Waals surface area contributed by atoms with Gasteiger partial charge >= 0.3 is 0 Å². The first kappa shape index (κ1) is 10.9. The van der Waals surface area contributed by atoms with Crippen molar-refractivity contribution in [2.75, 3.05) is 5.88 Å². The Morgan fingerprint density at radius 2 is 1.93 bits per heavy atom. The third kappa shape index (κ3) is 2.52. The monoisotopic (exact) mass is 226 g/mol. The molecule has 0 saturated heterocycles. The highest BCUT2D eigenvalue weighted by molar-refractivity contribution is 6.18. The number of halogens is 2. The number of hydrogen-bond donors (Lipinski definition) is 0. The summed E-state index contributed by atoms with van der Waals surface area (Å²) < 4.78 is 12.7. The van der Waals surface area contributed by atoms with E-state index in [0.717, 1.165) is 12.3 Å². The van der Waals surface area contributed by atoms with Gasteiger partial charge in [-0.15, -0.1) is 11.6 Å². The van der Waals surface area contributed by atoms with Gasteiger partial charge in [-0.05, 0) is 48.3 Å². The molecule has 15 heavy (non-hydrogen) atoms. The molecule has 0 nitrogen and oxygen atoms in total. The van der Waals surface area contributed by atoms with Crippen molar-refractivity contribution in [3.05, 3.63) is 35.6 Å². The number of rotatable bonds is 4. The average molecular weight is 227 g/mol. The predicted octanol–water partition coefficient (Wildman–Crippen LogP) is 4.02. The van der Waals surface area contributed by atoms with Crippen LogP contribution in [0.1, 0.15) is 25.3 Å². The summed E-state index contributed by atoms with van der Waals surface area (Å²) in [7, 11) is 0. The van der Waals surface area contributed by atoms with E-state index in [2.05, 4.69) is 6.92 Å². The predicted molar refractivity (Wildman–Crippen MR) is 61.7 cm³/mol. The lowest BCUT2D eigenvalue weighted by atomic mass is 9.81. The minimum Gasteiger partial charge on any atom is -0.207 e. The minimum atomic E-state index is -0.169. The molecule has 0 amide bonds. The molecule has 0 aromatic heterocycles. The number of alkyl halides is 1. The molecule has 1 atom stereocenters. The molecular weight excluding hydrogens is 211 g/mol. The Bertz CT molecular complexity index is 329. The second-order valence-electron chi connectivity index (χ2n) is 4.87. The number of benzene rings is 1. The van der Waals surface area contributed by atoms with E-state index in [1.165, 1.54) is 30.5 Å². The third-order valence-electron chi connectivity index (χ3n) is 3.39. The summed E-state index contributed by atoms with van der Waals surface area (Å²) in [5.41, 5.74) is 1.38. The molecule has 2 heteroatoms. The summed E-state index contributed by atoms with van der Waals surface area (Å²) in [6.07, 6.45) is 3.55. The molecule has 1 aromatic carbocycles. The summed E-state index contributed by atoms with van der Waals surface area (Å²) in [6, 6.07) is 6.78. The second-order valence-corrected chi connectivity index (χ2v) is 5.13. The molecule has 1 aliphatic carbocycles. The van der Waals surface area contributed by atoms with Gasteiger partial charge in [-0.25, -0.2) is 4.39 Å². The first-order valence-electron chi connectivity index (χ1n) is 5.44. The van der Waals surface area contributed by atoms with E-state index in [4.69, 9.17) is 11.6 Å². The Kier molecular flexibility index (Phi) is 3.01. The molecule has 2 rings (SSSR count). The first-order chi connectivity index (χ1) is 7.14. The fraction of sp³-hybridized carbons (Fsp3) is 0.538. The van der Waals surface area contributed by atoms with Crippen LogP contribution in [0.5, 0.6) is 0 Å². The van der Waals surface area contributed by atoms with Crippen LogP contribution in [0.25, 0.3) is 0 Å². The lowest BCUT2D eigenvalue weighted by Gasteiger charge is -2.27.